The molecule has 0 heterocycles. The molecule has 2 nitrogen and oxygen atoms in total. The van der Waals surface area contributed by atoms with Crippen molar-refractivity contribution in [2.75, 3.05) is 0 Å². The van der Waals surface area contributed by atoms with Crippen LogP contribution in [0.1, 0.15) is 53.4 Å². The standard InChI is InChI=1S/C10H24ClO2PS/c1-5-7-9(3)15(14(11,12)13)10(4)8-6-2/h9-10,12-13H,5-8H2,1-4H3. The zero-order valence-corrected chi connectivity index (χ0v) is 12.6. The van der Waals surface area contributed by atoms with Crippen molar-refractivity contribution in [1.29, 1.82) is 0 Å². The van der Waals surface area contributed by atoms with Crippen LogP contribution in [-0.2, 0) is 10.1 Å². The van der Waals surface area contributed by atoms with E-state index in [4.69, 9.17) is 11.2 Å². The van der Waals surface area contributed by atoms with Crippen LogP contribution in [0.5, 0.6) is 0 Å². The molecule has 0 aliphatic rings. The molecule has 0 saturated carbocycles. The molecule has 0 aliphatic carbocycles. The largest absolute Gasteiger partial charge is 0.338 e. The summed E-state index contributed by atoms with van der Waals surface area (Å²) >= 11 is 5.79. The van der Waals surface area contributed by atoms with Crippen molar-refractivity contribution >= 4 is 27.2 Å². The summed E-state index contributed by atoms with van der Waals surface area (Å²) in [5.74, 6) is -3.20. The molecule has 0 bridgehead atoms. The highest BCUT2D eigenvalue weighted by atomic mass is 35.7. The van der Waals surface area contributed by atoms with Gasteiger partial charge in [0.2, 0.25) is 5.84 Å². The third-order valence-corrected chi connectivity index (χ3v) is 10.3. The van der Waals surface area contributed by atoms with E-state index in [1.807, 2.05) is 0 Å². The van der Waals surface area contributed by atoms with E-state index in [2.05, 4.69) is 27.7 Å². The van der Waals surface area contributed by atoms with Crippen LogP contribution in [0, 0.1) is 0 Å². The molecule has 0 radical (unpaired) electrons. The van der Waals surface area contributed by atoms with Gasteiger partial charge in [-0.3, -0.25) is 0 Å². The second-order valence-corrected chi connectivity index (χ2v) is 12.1. The van der Waals surface area contributed by atoms with Gasteiger partial charge in [0.05, 0.1) is 0 Å². The first-order valence-corrected chi connectivity index (χ1v) is 10.2. The van der Waals surface area contributed by atoms with Gasteiger partial charge in [0.1, 0.15) is 0 Å². The first-order chi connectivity index (χ1) is 6.84. The van der Waals surface area contributed by atoms with Crippen LogP contribution in [-0.4, -0.2) is 20.3 Å². The minimum absolute atomic E-state index is 0.317. The second kappa shape index (κ2) is 7.34. The van der Waals surface area contributed by atoms with Gasteiger partial charge in [-0.25, -0.2) is 0 Å². The third-order valence-electron chi connectivity index (χ3n) is 2.48. The third kappa shape index (κ3) is 5.74. The quantitative estimate of drug-likeness (QED) is 0.722. The fourth-order valence-corrected chi connectivity index (χ4v) is 10.4. The number of hydrogen-bond donors (Lipinski definition) is 2. The van der Waals surface area contributed by atoms with Crippen molar-refractivity contribution in [2.45, 2.75) is 63.9 Å². The lowest BCUT2D eigenvalue weighted by atomic mass is 10.3. The summed E-state index contributed by atoms with van der Waals surface area (Å²) < 4.78 is 0. The Morgan fingerprint density at radius 3 is 1.60 bits per heavy atom. The summed E-state index contributed by atoms with van der Waals surface area (Å²) in [4.78, 5) is 19.4. The normalized spacial score (nSPS) is 18.6. The maximum Gasteiger partial charge on any atom is 0.236 e. The molecular weight excluding hydrogens is 251 g/mol. The van der Waals surface area contributed by atoms with E-state index in [9.17, 15) is 9.79 Å². The summed E-state index contributed by atoms with van der Waals surface area (Å²) in [5.41, 5.74) is 0. The topological polar surface area (TPSA) is 40.5 Å². The average molecular weight is 275 g/mol. The summed E-state index contributed by atoms with van der Waals surface area (Å²) in [5, 5.41) is 0.634. The van der Waals surface area contributed by atoms with E-state index in [0.29, 0.717) is 10.5 Å². The van der Waals surface area contributed by atoms with Crippen molar-refractivity contribution in [2.24, 2.45) is 0 Å². The van der Waals surface area contributed by atoms with E-state index in [1.165, 1.54) is 0 Å². The van der Waals surface area contributed by atoms with Crippen molar-refractivity contribution in [3.63, 3.8) is 0 Å². The smallest absolute Gasteiger partial charge is 0.236 e. The molecule has 15 heavy (non-hydrogen) atoms. The molecular formula is C10H24ClO2PS. The zero-order chi connectivity index (χ0) is 12.1. The highest BCUT2D eigenvalue weighted by molar-refractivity contribution is 8.38. The van der Waals surface area contributed by atoms with Crippen molar-refractivity contribution in [3.8, 4) is 0 Å². The molecule has 0 aromatic heterocycles. The monoisotopic (exact) mass is 274 g/mol. The van der Waals surface area contributed by atoms with Crippen LogP contribution in [0.2, 0.25) is 0 Å². The van der Waals surface area contributed by atoms with Crippen LogP contribution in [0.15, 0.2) is 0 Å². The fraction of sp³-hybridized carbons (Fsp3) is 1.00. The molecule has 0 saturated heterocycles. The van der Waals surface area contributed by atoms with Crippen molar-refractivity contribution < 1.29 is 9.79 Å². The van der Waals surface area contributed by atoms with Crippen molar-refractivity contribution in [3.05, 3.63) is 0 Å². The van der Waals surface area contributed by atoms with Crippen LogP contribution in [0.3, 0.4) is 0 Å². The van der Waals surface area contributed by atoms with Gasteiger partial charge in [-0.1, -0.05) is 40.5 Å². The highest BCUT2D eigenvalue weighted by Crippen LogP contribution is 2.51. The van der Waals surface area contributed by atoms with E-state index in [-0.39, 0.29) is 0 Å². The summed E-state index contributed by atoms with van der Waals surface area (Å²) in [6.45, 7) is 8.40. The van der Waals surface area contributed by atoms with Gasteiger partial charge in [-0.2, -0.15) is 0 Å². The summed E-state index contributed by atoms with van der Waals surface area (Å²) in [6, 6.07) is 0. The van der Waals surface area contributed by atoms with Crippen LogP contribution < -0.4 is 0 Å². The SMILES string of the molecule is CCCC(C)S(C(C)CCC)=P(O)(O)Cl. The van der Waals surface area contributed by atoms with Crippen molar-refractivity contribution in [1.82, 2.24) is 0 Å². The fourth-order valence-electron chi connectivity index (χ4n) is 1.91. The zero-order valence-electron chi connectivity index (χ0n) is 10.1. The first-order valence-electron chi connectivity index (χ1n) is 5.61. The Morgan fingerprint density at radius 2 is 1.40 bits per heavy atom. The lowest BCUT2D eigenvalue weighted by Crippen LogP contribution is -2.21. The highest BCUT2D eigenvalue weighted by Gasteiger charge is 2.23. The van der Waals surface area contributed by atoms with E-state index >= 15 is 0 Å². The first kappa shape index (κ1) is 16.0. The Balaban J connectivity index is 4.92. The van der Waals surface area contributed by atoms with Gasteiger partial charge in [-0.05, 0) is 24.1 Å². The molecule has 2 N–H and O–H groups in total. The van der Waals surface area contributed by atoms with Crippen LogP contribution in [0.25, 0.3) is 0 Å². The van der Waals surface area contributed by atoms with Gasteiger partial charge in [0, 0.05) is 10.5 Å². The molecule has 0 aromatic carbocycles. The molecule has 0 aromatic rings. The van der Waals surface area contributed by atoms with Gasteiger partial charge in [0.15, 0.2) is 0 Å². The van der Waals surface area contributed by atoms with Crippen LogP contribution in [0.4, 0.5) is 0 Å². The molecule has 0 fully saturated rings. The molecule has 2 unspecified atom stereocenters. The Bertz CT molecular complexity index is 217. The van der Waals surface area contributed by atoms with E-state index in [0.717, 1.165) is 25.7 Å². The molecule has 5 heteroatoms. The molecule has 0 spiro atoms. The number of hydrogen-bond acceptors (Lipinski definition) is 0. The van der Waals surface area contributed by atoms with Crippen LogP contribution >= 0.6 is 17.1 Å². The lowest BCUT2D eigenvalue weighted by molar-refractivity contribution is 0.499. The van der Waals surface area contributed by atoms with E-state index in [1.54, 1.807) is 0 Å². The molecule has 0 amide bonds. The average Bonchev–Trinajstić information content (AvgIpc) is 2.01. The minimum Gasteiger partial charge on any atom is -0.338 e. The van der Waals surface area contributed by atoms with Gasteiger partial charge in [0.25, 0.3) is 0 Å². The Morgan fingerprint density at radius 1 is 1.07 bits per heavy atom. The summed E-state index contributed by atoms with van der Waals surface area (Å²) in [7, 11) is -0.443. The predicted molar refractivity (Wildman–Crippen MR) is 73.3 cm³/mol. The van der Waals surface area contributed by atoms with Gasteiger partial charge in [-0.15, -0.1) is 10.1 Å². The Hall–Kier alpha value is 0.990. The molecule has 2 atom stereocenters. The lowest BCUT2D eigenvalue weighted by Gasteiger charge is -2.26. The molecule has 0 aliphatic heterocycles. The molecule has 0 rings (SSSR count). The Labute approximate surface area is 101 Å². The second-order valence-electron chi connectivity index (χ2n) is 4.02. The van der Waals surface area contributed by atoms with Gasteiger partial charge >= 0.3 is 0 Å². The summed E-state index contributed by atoms with van der Waals surface area (Å²) in [6.07, 6.45) is 4.18. The minimum atomic E-state index is -3.20. The number of halogens is 1. The maximum atomic E-state index is 9.72. The predicted octanol–water partition coefficient (Wildman–Crippen LogP) is 3.88. The van der Waals surface area contributed by atoms with E-state index < -0.39 is 15.9 Å². The Kier molecular flexibility index (Phi) is 7.83. The molecule has 94 valence electrons. The van der Waals surface area contributed by atoms with Gasteiger partial charge < -0.3 is 9.79 Å². The maximum absolute atomic E-state index is 9.72. The number of rotatable bonds is 6.